The first-order valence-electron chi connectivity index (χ1n) is 6.50. The Bertz CT molecular complexity index is 631. The molecule has 6 heteroatoms. The van der Waals surface area contributed by atoms with Crippen LogP contribution >= 0.6 is 15.9 Å². The molecule has 0 unspecified atom stereocenters. The van der Waals surface area contributed by atoms with Crippen LogP contribution in [-0.4, -0.2) is 29.6 Å². The molecule has 1 aromatic carbocycles. The predicted octanol–water partition coefficient (Wildman–Crippen LogP) is 2.62. The first-order chi connectivity index (χ1) is 10.1. The van der Waals surface area contributed by atoms with E-state index in [0.717, 1.165) is 28.8 Å². The summed E-state index contributed by atoms with van der Waals surface area (Å²) >= 11 is 3.52. The van der Waals surface area contributed by atoms with Gasteiger partial charge in [0.05, 0.1) is 5.69 Å². The summed E-state index contributed by atoms with van der Waals surface area (Å²) in [7, 11) is 2.02. The third-order valence-electron chi connectivity index (χ3n) is 3.19. The number of oxime groups is 1. The Balaban J connectivity index is 2.07. The maximum atomic E-state index is 8.70. The molecule has 1 aromatic heterocycles. The van der Waals surface area contributed by atoms with Gasteiger partial charge in [0.2, 0.25) is 0 Å². The van der Waals surface area contributed by atoms with Crippen LogP contribution < -0.4 is 10.6 Å². The van der Waals surface area contributed by atoms with Gasteiger partial charge in [0.25, 0.3) is 0 Å². The summed E-state index contributed by atoms with van der Waals surface area (Å²) in [6, 6.07) is 11.5. The first kappa shape index (κ1) is 15.3. The van der Waals surface area contributed by atoms with E-state index in [0.29, 0.717) is 5.56 Å². The zero-order chi connectivity index (χ0) is 15.2. The molecular formula is C15H17BrN4O. The number of hydrogen-bond donors (Lipinski definition) is 2. The van der Waals surface area contributed by atoms with Crippen molar-refractivity contribution >= 4 is 27.5 Å². The number of anilines is 1. The van der Waals surface area contributed by atoms with E-state index in [1.165, 1.54) is 0 Å². The van der Waals surface area contributed by atoms with Crippen LogP contribution in [0.4, 0.5) is 5.69 Å². The van der Waals surface area contributed by atoms with E-state index >= 15 is 0 Å². The molecule has 1 heterocycles. The van der Waals surface area contributed by atoms with Crippen molar-refractivity contribution in [3.8, 4) is 0 Å². The molecule has 5 nitrogen and oxygen atoms in total. The highest BCUT2D eigenvalue weighted by Crippen LogP contribution is 2.26. The van der Waals surface area contributed by atoms with E-state index < -0.39 is 0 Å². The predicted molar refractivity (Wildman–Crippen MR) is 87.9 cm³/mol. The van der Waals surface area contributed by atoms with Gasteiger partial charge in [-0.05, 0) is 46.3 Å². The van der Waals surface area contributed by atoms with Crippen LogP contribution in [0, 0.1) is 0 Å². The molecule has 0 fully saturated rings. The fourth-order valence-corrected chi connectivity index (χ4v) is 2.66. The van der Waals surface area contributed by atoms with Crippen molar-refractivity contribution in [2.75, 3.05) is 18.5 Å². The quantitative estimate of drug-likeness (QED) is 0.377. The molecule has 3 N–H and O–H groups in total. The molecule has 2 rings (SSSR count). The number of hydrogen-bond acceptors (Lipinski definition) is 4. The molecule has 0 saturated carbocycles. The van der Waals surface area contributed by atoms with Crippen molar-refractivity contribution in [2.45, 2.75) is 6.42 Å². The van der Waals surface area contributed by atoms with Crippen LogP contribution in [0.15, 0.2) is 52.2 Å². The number of pyridine rings is 1. The van der Waals surface area contributed by atoms with Crippen LogP contribution in [0.5, 0.6) is 0 Å². The fourth-order valence-electron chi connectivity index (χ4n) is 1.98. The van der Waals surface area contributed by atoms with Crippen LogP contribution in [0.3, 0.4) is 0 Å². The van der Waals surface area contributed by atoms with Crippen molar-refractivity contribution in [2.24, 2.45) is 10.9 Å². The van der Waals surface area contributed by atoms with Crippen LogP contribution in [-0.2, 0) is 6.42 Å². The Morgan fingerprint density at radius 2 is 2.19 bits per heavy atom. The normalized spacial score (nSPS) is 11.4. The van der Waals surface area contributed by atoms with Gasteiger partial charge in [-0.2, -0.15) is 0 Å². The van der Waals surface area contributed by atoms with Gasteiger partial charge in [0.1, 0.15) is 0 Å². The lowest BCUT2D eigenvalue weighted by Gasteiger charge is -2.21. The van der Waals surface area contributed by atoms with Crippen molar-refractivity contribution < 1.29 is 5.21 Å². The number of aromatic nitrogens is 1. The monoisotopic (exact) mass is 348 g/mol. The first-order valence-corrected chi connectivity index (χ1v) is 7.29. The van der Waals surface area contributed by atoms with Gasteiger partial charge < -0.3 is 15.8 Å². The second-order valence-corrected chi connectivity index (χ2v) is 5.50. The van der Waals surface area contributed by atoms with E-state index in [-0.39, 0.29) is 5.84 Å². The second-order valence-electron chi connectivity index (χ2n) is 4.64. The molecule has 0 aliphatic rings. The summed E-state index contributed by atoms with van der Waals surface area (Å²) in [4.78, 5) is 6.45. The Kier molecular flexibility index (Phi) is 5.16. The summed E-state index contributed by atoms with van der Waals surface area (Å²) < 4.78 is 0.898. The lowest BCUT2D eigenvalue weighted by atomic mass is 10.1. The Morgan fingerprint density at radius 1 is 1.38 bits per heavy atom. The maximum absolute atomic E-state index is 8.70. The maximum Gasteiger partial charge on any atom is 0.170 e. The Labute approximate surface area is 132 Å². The molecule has 110 valence electrons. The van der Waals surface area contributed by atoms with Gasteiger partial charge in [0, 0.05) is 41.9 Å². The Morgan fingerprint density at radius 3 is 2.81 bits per heavy atom. The molecule has 0 spiro atoms. The minimum Gasteiger partial charge on any atom is -0.409 e. The van der Waals surface area contributed by atoms with Gasteiger partial charge in [-0.15, -0.1) is 0 Å². The van der Waals surface area contributed by atoms with Gasteiger partial charge in [-0.1, -0.05) is 11.2 Å². The largest absolute Gasteiger partial charge is 0.409 e. The van der Waals surface area contributed by atoms with E-state index in [9.17, 15) is 0 Å². The minimum absolute atomic E-state index is 0.0957. The van der Waals surface area contributed by atoms with Gasteiger partial charge >= 0.3 is 0 Å². The third-order valence-corrected chi connectivity index (χ3v) is 3.83. The number of benzene rings is 1. The van der Waals surface area contributed by atoms with E-state index in [1.807, 2.05) is 43.4 Å². The molecule has 21 heavy (non-hydrogen) atoms. The standard InChI is InChI=1S/C15H17BrN4O/c1-20(9-7-12-4-2-3-8-18-12)14-6-5-11(10-13(14)16)15(17)19-21/h2-6,8,10,21H,7,9H2,1H3,(H2,17,19). The van der Waals surface area contributed by atoms with Gasteiger partial charge in [-0.25, -0.2) is 0 Å². The number of likely N-dealkylation sites (N-methyl/N-ethyl adjacent to an activating group) is 1. The lowest BCUT2D eigenvalue weighted by molar-refractivity contribution is 0.318. The molecule has 2 aromatic rings. The SMILES string of the molecule is CN(CCc1ccccn1)c1ccc(/C(N)=N/O)cc1Br. The highest BCUT2D eigenvalue weighted by atomic mass is 79.9. The number of rotatable bonds is 5. The van der Waals surface area contributed by atoms with Crippen molar-refractivity contribution in [1.29, 1.82) is 0 Å². The average molecular weight is 349 g/mol. The van der Waals surface area contributed by atoms with Crippen molar-refractivity contribution in [3.63, 3.8) is 0 Å². The molecule has 0 atom stereocenters. The fraction of sp³-hybridized carbons (Fsp3) is 0.200. The third kappa shape index (κ3) is 3.95. The topological polar surface area (TPSA) is 74.7 Å². The molecule has 0 amide bonds. The smallest absolute Gasteiger partial charge is 0.170 e. The number of nitrogens with two attached hydrogens (primary N) is 1. The van der Waals surface area contributed by atoms with Crippen LogP contribution in [0.2, 0.25) is 0 Å². The zero-order valence-electron chi connectivity index (χ0n) is 11.7. The van der Waals surface area contributed by atoms with Gasteiger partial charge in [0.15, 0.2) is 5.84 Å². The zero-order valence-corrected chi connectivity index (χ0v) is 13.3. The van der Waals surface area contributed by atoms with Crippen molar-refractivity contribution in [1.82, 2.24) is 4.98 Å². The van der Waals surface area contributed by atoms with Crippen molar-refractivity contribution in [3.05, 3.63) is 58.3 Å². The summed E-state index contributed by atoms with van der Waals surface area (Å²) in [5, 5.41) is 11.7. The highest BCUT2D eigenvalue weighted by Gasteiger charge is 2.09. The van der Waals surface area contributed by atoms with Crippen LogP contribution in [0.25, 0.3) is 0 Å². The van der Waals surface area contributed by atoms with E-state index in [2.05, 4.69) is 31.0 Å². The second kappa shape index (κ2) is 7.08. The van der Waals surface area contributed by atoms with E-state index in [1.54, 1.807) is 6.20 Å². The molecule has 0 saturated heterocycles. The highest BCUT2D eigenvalue weighted by molar-refractivity contribution is 9.10. The molecule has 0 aliphatic heterocycles. The Hall–Kier alpha value is -2.08. The summed E-state index contributed by atoms with van der Waals surface area (Å²) in [6.07, 6.45) is 2.67. The number of nitrogens with zero attached hydrogens (tertiary/aromatic N) is 3. The summed E-state index contributed by atoms with van der Waals surface area (Å²) in [5.41, 5.74) is 8.36. The molecule has 0 bridgehead atoms. The van der Waals surface area contributed by atoms with Crippen LogP contribution in [0.1, 0.15) is 11.3 Å². The number of halogens is 1. The molecule has 0 aliphatic carbocycles. The average Bonchev–Trinajstić information content (AvgIpc) is 2.52. The summed E-state index contributed by atoms with van der Waals surface area (Å²) in [5.74, 6) is 0.0957. The summed E-state index contributed by atoms with van der Waals surface area (Å²) in [6.45, 7) is 0.846. The minimum atomic E-state index is 0.0957. The molecular weight excluding hydrogens is 332 g/mol. The lowest BCUT2D eigenvalue weighted by Crippen LogP contribution is -2.21. The number of amidine groups is 1. The van der Waals surface area contributed by atoms with E-state index in [4.69, 9.17) is 10.9 Å². The van der Waals surface area contributed by atoms with Gasteiger partial charge in [-0.3, -0.25) is 4.98 Å². The molecule has 0 radical (unpaired) electrons.